The Balaban J connectivity index is 1.98. The number of carbonyl (C=O) groups is 1. The quantitative estimate of drug-likeness (QED) is 0.596. The van der Waals surface area contributed by atoms with E-state index in [1.807, 2.05) is 0 Å². The third-order valence-corrected chi connectivity index (χ3v) is 4.81. The van der Waals surface area contributed by atoms with Gasteiger partial charge in [0.05, 0.1) is 5.56 Å². The van der Waals surface area contributed by atoms with E-state index in [1.165, 1.54) is 23.1 Å². The average Bonchev–Trinajstić information content (AvgIpc) is 2.69. The molecule has 0 saturated carbocycles. The Kier molecular flexibility index (Phi) is 6.31. The number of H-pyrrole nitrogens is 1. The highest BCUT2D eigenvalue weighted by atomic mass is 35.5. The molecule has 0 aliphatic heterocycles. The van der Waals surface area contributed by atoms with Crippen molar-refractivity contribution in [3.8, 4) is 0 Å². The van der Waals surface area contributed by atoms with Gasteiger partial charge in [0, 0.05) is 22.9 Å². The predicted molar refractivity (Wildman–Crippen MR) is 110 cm³/mol. The van der Waals surface area contributed by atoms with Crippen molar-refractivity contribution in [2.24, 2.45) is 0 Å². The summed E-state index contributed by atoms with van der Waals surface area (Å²) in [5.41, 5.74) is -0.131. The van der Waals surface area contributed by atoms with E-state index in [9.17, 15) is 22.8 Å². The van der Waals surface area contributed by atoms with Crippen LogP contribution in [0.25, 0.3) is 0 Å². The van der Waals surface area contributed by atoms with E-state index in [4.69, 9.17) is 11.6 Å². The van der Waals surface area contributed by atoms with Crippen molar-refractivity contribution < 1.29 is 18.0 Å². The van der Waals surface area contributed by atoms with E-state index in [2.05, 4.69) is 4.98 Å². The van der Waals surface area contributed by atoms with E-state index in [0.717, 1.165) is 17.7 Å². The number of aromatic nitrogens is 1. The lowest BCUT2D eigenvalue weighted by Crippen LogP contribution is -2.36. The van der Waals surface area contributed by atoms with Crippen molar-refractivity contribution >= 4 is 23.2 Å². The second-order valence-electron chi connectivity index (χ2n) is 6.77. The average molecular weight is 435 g/mol. The summed E-state index contributed by atoms with van der Waals surface area (Å²) in [7, 11) is 0. The molecule has 0 atom stereocenters. The van der Waals surface area contributed by atoms with Gasteiger partial charge >= 0.3 is 6.18 Å². The van der Waals surface area contributed by atoms with Crippen LogP contribution in [0.5, 0.6) is 0 Å². The maximum Gasteiger partial charge on any atom is 0.416 e. The van der Waals surface area contributed by atoms with Gasteiger partial charge in [-0.25, -0.2) is 0 Å². The first-order valence-corrected chi connectivity index (χ1v) is 9.46. The topological polar surface area (TPSA) is 53.2 Å². The molecular formula is C22H18ClF3N2O2. The van der Waals surface area contributed by atoms with Gasteiger partial charge in [-0.2, -0.15) is 13.2 Å². The molecule has 0 unspecified atom stereocenters. The number of pyridine rings is 1. The van der Waals surface area contributed by atoms with E-state index in [-0.39, 0.29) is 17.8 Å². The van der Waals surface area contributed by atoms with Gasteiger partial charge in [-0.05, 0) is 61.4 Å². The summed E-state index contributed by atoms with van der Waals surface area (Å²) in [5, 5.41) is 0.552. The highest BCUT2D eigenvalue weighted by Crippen LogP contribution is 2.32. The van der Waals surface area contributed by atoms with Crippen LogP contribution in [0.2, 0.25) is 5.02 Å². The zero-order chi connectivity index (χ0) is 21.9. The third kappa shape index (κ3) is 5.10. The monoisotopic (exact) mass is 434 g/mol. The van der Waals surface area contributed by atoms with Crippen molar-refractivity contribution in [2.75, 3.05) is 11.4 Å². The number of nitrogens with one attached hydrogen (secondary N) is 1. The van der Waals surface area contributed by atoms with Crippen LogP contribution < -0.4 is 10.5 Å². The first-order chi connectivity index (χ1) is 14.1. The van der Waals surface area contributed by atoms with Gasteiger partial charge in [0.15, 0.2) is 0 Å². The number of alkyl halides is 3. The molecule has 30 heavy (non-hydrogen) atoms. The van der Waals surface area contributed by atoms with Crippen LogP contribution in [0.4, 0.5) is 18.9 Å². The number of benzene rings is 2. The number of hydrogen-bond acceptors (Lipinski definition) is 2. The highest BCUT2D eigenvalue weighted by molar-refractivity contribution is 6.30. The van der Waals surface area contributed by atoms with Crippen LogP contribution in [0, 0.1) is 6.92 Å². The van der Waals surface area contributed by atoms with Crippen LogP contribution in [0.3, 0.4) is 0 Å². The van der Waals surface area contributed by atoms with Crippen LogP contribution in [0.15, 0.2) is 65.5 Å². The Labute approximate surface area is 175 Å². The number of aromatic amines is 1. The highest BCUT2D eigenvalue weighted by Gasteiger charge is 2.31. The molecule has 1 N–H and O–H groups in total. The summed E-state index contributed by atoms with van der Waals surface area (Å²) in [4.78, 5) is 29.1. The molecule has 1 heterocycles. The molecule has 0 bridgehead atoms. The predicted octanol–water partition coefficient (Wildman–Crippen LogP) is 5.25. The Morgan fingerprint density at radius 3 is 2.40 bits per heavy atom. The summed E-state index contributed by atoms with van der Waals surface area (Å²) in [6.07, 6.45) is -4.19. The maximum absolute atomic E-state index is 13.2. The standard InChI is InChI=1S/C22H18ClF3N2O2/c1-14-5-10-19(20(29)27-14)21(30)28(12-11-15-6-8-17(23)9-7-15)18-4-2-3-16(13-18)22(24,25)26/h2-10,13H,11-12H2,1H3,(H,27,29). The fourth-order valence-electron chi connectivity index (χ4n) is 2.98. The molecule has 2 aromatic carbocycles. The molecular weight excluding hydrogens is 417 g/mol. The Hall–Kier alpha value is -3.06. The third-order valence-electron chi connectivity index (χ3n) is 4.55. The van der Waals surface area contributed by atoms with Crippen molar-refractivity contribution in [3.05, 3.63) is 98.4 Å². The van der Waals surface area contributed by atoms with Crippen molar-refractivity contribution in [2.45, 2.75) is 19.5 Å². The van der Waals surface area contributed by atoms with Crippen molar-refractivity contribution in [1.29, 1.82) is 0 Å². The maximum atomic E-state index is 13.2. The first kappa shape index (κ1) is 21.6. The van der Waals surface area contributed by atoms with Gasteiger partial charge < -0.3 is 9.88 Å². The molecule has 3 rings (SSSR count). The first-order valence-electron chi connectivity index (χ1n) is 9.08. The molecule has 0 radical (unpaired) electrons. The second-order valence-corrected chi connectivity index (χ2v) is 7.20. The van der Waals surface area contributed by atoms with Gasteiger partial charge in [-0.1, -0.05) is 29.8 Å². The summed E-state index contributed by atoms with van der Waals surface area (Å²) >= 11 is 5.88. The molecule has 4 nitrogen and oxygen atoms in total. The van der Waals surface area contributed by atoms with Gasteiger partial charge in [0.1, 0.15) is 5.56 Å². The number of amides is 1. The molecule has 156 valence electrons. The minimum Gasteiger partial charge on any atom is -0.326 e. The lowest BCUT2D eigenvalue weighted by atomic mass is 10.1. The lowest BCUT2D eigenvalue weighted by Gasteiger charge is -2.24. The fourth-order valence-corrected chi connectivity index (χ4v) is 3.10. The lowest BCUT2D eigenvalue weighted by molar-refractivity contribution is -0.137. The fraction of sp³-hybridized carbons (Fsp3) is 0.182. The smallest absolute Gasteiger partial charge is 0.326 e. The molecule has 0 fully saturated rings. The van der Waals surface area contributed by atoms with Crippen LogP contribution in [-0.4, -0.2) is 17.4 Å². The SMILES string of the molecule is Cc1ccc(C(=O)N(CCc2ccc(Cl)cc2)c2cccc(C(F)(F)F)c2)c(=O)[nH]1. The molecule has 3 aromatic rings. The molecule has 0 aliphatic carbocycles. The number of anilines is 1. The minimum atomic E-state index is -4.55. The second kappa shape index (κ2) is 8.75. The number of hydrogen-bond donors (Lipinski definition) is 1. The molecule has 0 spiro atoms. The number of nitrogens with zero attached hydrogens (tertiary/aromatic N) is 1. The Morgan fingerprint density at radius 1 is 1.07 bits per heavy atom. The molecule has 0 aliphatic rings. The number of aryl methyl sites for hydroxylation is 1. The molecule has 1 aromatic heterocycles. The summed E-state index contributed by atoms with van der Waals surface area (Å²) in [6, 6.07) is 14.4. The number of halogens is 4. The van der Waals surface area contributed by atoms with Crippen LogP contribution >= 0.6 is 11.6 Å². The van der Waals surface area contributed by atoms with E-state index in [0.29, 0.717) is 17.1 Å². The number of carbonyl (C=O) groups excluding carboxylic acids is 1. The van der Waals surface area contributed by atoms with Crippen molar-refractivity contribution in [1.82, 2.24) is 4.98 Å². The van der Waals surface area contributed by atoms with Crippen LogP contribution in [-0.2, 0) is 12.6 Å². The normalized spacial score (nSPS) is 11.4. The van der Waals surface area contributed by atoms with E-state index >= 15 is 0 Å². The van der Waals surface area contributed by atoms with Gasteiger partial charge in [0.25, 0.3) is 11.5 Å². The summed E-state index contributed by atoms with van der Waals surface area (Å²) in [5.74, 6) is -0.676. The van der Waals surface area contributed by atoms with E-state index in [1.54, 1.807) is 37.3 Å². The van der Waals surface area contributed by atoms with Gasteiger partial charge in [-0.15, -0.1) is 0 Å². The van der Waals surface area contributed by atoms with Gasteiger partial charge in [-0.3, -0.25) is 9.59 Å². The molecule has 8 heteroatoms. The van der Waals surface area contributed by atoms with Crippen molar-refractivity contribution in [3.63, 3.8) is 0 Å². The zero-order valence-electron chi connectivity index (χ0n) is 16.0. The largest absolute Gasteiger partial charge is 0.416 e. The Bertz CT molecular complexity index is 1110. The van der Waals surface area contributed by atoms with E-state index < -0.39 is 23.2 Å². The molecule has 0 saturated heterocycles. The molecule has 1 amide bonds. The van der Waals surface area contributed by atoms with Crippen LogP contribution in [0.1, 0.15) is 27.2 Å². The zero-order valence-corrected chi connectivity index (χ0v) is 16.7. The minimum absolute atomic E-state index is 0.0590. The van der Waals surface area contributed by atoms with Gasteiger partial charge in [0.2, 0.25) is 0 Å². The summed E-state index contributed by atoms with van der Waals surface area (Å²) < 4.78 is 39.5. The summed E-state index contributed by atoms with van der Waals surface area (Å²) in [6.45, 7) is 1.75. The number of rotatable bonds is 5. The Morgan fingerprint density at radius 2 is 1.77 bits per heavy atom.